The lowest BCUT2D eigenvalue weighted by atomic mass is 9.98. The fourth-order valence-electron chi connectivity index (χ4n) is 2.43. The molecule has 0 aliphatic carbocycles. The number of H-pyrrole nitrogens is 1. The van der Waals surface area contributed by atoms with Gasteiger partial charge in [0.15, 0.2) is 0 Å². The maximum absolute atomic E-state index is 12.5. The van der Waals surface area contributed by atoms with Crippen LogP contribution in [0.15, 0.2) is 12.5 Å². The number of carbonyl (C=O) groups is 4. The normalized spacial score (nSPS) is 14.9. The van der Waals surface area contributed by atoms with Crippen molar-refractivity contribution in [2.24, 2.45) is 11.7 Å². The van der Waals surface area contributed by atoms with Crippen LogP contribution in [0.3, 0.4) is 0 Å². The Kier molecular flexibility index (Phi) is 9.75. The van der Waals surface area contributed by atoms with Gasteiger partial charge in [-0.25, -0.2) is 4.98 Å². The Morgan fingerprint density at radius 3 is 2.41 bits per heavy atom. The first-order valence-corrected chi connectivity index (χ1v) is 9.13. The van der Waals surface area contributed by atoms with E-state index in [0.717, 1.165) is 0 Å². The number of aliphatic carboxylic acids is 1. The maximum Gasteiger partial charge on any atom is 0.322 e. The second-order valence-corrected chi connectivity index (χ2v) is 6.61. The smallest absolute Gasteiger partial charge is 0.322 e. The van der Waals surface area contributed by atoms with Crippen molar-refractivity contribution in [2.45, 2.75) is 44.8 Å². The van der Waals surface area contributed by atoms with Crippen molar-refractivity contribution in [2.75, 3.05) is 13.2 Å². The van der Waals surface area contributed by atoms with Gasteiger partial charge in [0.05, 0.1) is 19.0 Å². The van der Waals surface area contributed by atoms with E-state index in [2.05, 4.69) is 25.9 Å². The number of aromatic nitrogens is 2. The summed E-state index contributed by atoms with van der Waals surface area (Å²) < 4.78 is 0. The van der Waals surface area contributed by atoms with Crippen LogP contribution >= 0.6 is 0 Å². The first-order valence-electron chi connectivity index (χ1n) is 9.13. The summed E-state index contributed by atoms with van der Waals surface area (Å²) in [4.78, 5) is 54.2. The Balaban J connectivity index is 2.72. The number of rotatable bonds is 12. The highest BCUT2D eigenvalue weighted by Gasteiger charge is 2.30. The molecule has 4 atom stereocenters. The average Bonchev–Trinajstić information content (AvgIpc) is 3.20. The number of carboxylic acid groups (broad SMARTS) is 1. The van der Waals surface area contributed by atoms with Crippen LogP contribution in [0.25, 0.3) is 0 Å². The molecule has 12 nitrogen and oxygen atoms in total. The number of nitrogens with zero attached hydrogens (tertiary/aromatic N) is 1. The van der Waals surface area contributed by atoms with Crippen molar-refractivity contribution < 1.29 is 29.4 Å². The lowest BCUT2D eigenvalue weighted by Crippen LogP contribution is -2.58. The van der Waals surface area contributed by atoms with E-state index in [1.165, 1.54) is 12.5 Å². The topological polar surface area (TPSA) is 200 Å². The van der Waals surface area contributed by atoms with Gasteiger partial charge in [-0.3, -0.25) is 19.2 Å². The predicted molar refractivity (Wildman–Crippen MR) is 101 cm³/mol. The zero-order valence-corrected chi connectivity index (χ0v) is 16.3. The highest BCUT2D eigenvalue weighted by atomic mass is 16.4. The van der Waals surface area contributed by atoms with Gasteiger partial charge in [0.1, 0.15) is 18.6 Å². The first-order chi connectivity index (χ1) is 13.7. The van der Waals surface area contributed by atoms with Gasteiger partial charge in [-0.1, -0.05) is 20.3 Å². The number of aliphatic hydroxyl groups is 1. The second-order valence-electron chi connectivity index (χ2n) is 6.61. The number of aliphatic hydroxyl groups excluding tert-OH is 1. The molecule has 3 amide bonds. The Morgan fingerprint density at radius 2 is 1.90 bits per heavy atom. The van der Waals surface area contributed by atoms with Crippen molar-refractivity contribution in [1.29, 1.82) is 0 Å². The van der Waals surface area contributed by atoms with Crippen LogP contribution in [0.1, 0.15) is 26.0 Å². The van der Waals surface area contributed by atoms with Gasteiger partial charge in [-0.05, 0) is 5.92 Å². The molecule has 12 heteroatoms. The van der Waals surface area contributed by atoms with E-state index in [1.54, 1.807) is 13.8 Å². The number of nitrogens with two attached hydrogens (primary N) is 1. The lowest BCUT2D eigenvalue weighted by molar-refractivity contribution is -0.139. The number of hydrogen-bond donors (Lipinski definition) is 7. The maximum atomic E-state index is 12.5. The monoisotopic (exact) mass is 412 g/mol. The molecule has 162 valence electrons. The van der Waals surface area contributed by atoms with Gasteiger partial charge in [0.2, 0.25) is 17.7 Å². The number of carboxylic acids is 1. The molecule has 4 unspecified atom stereocenters. The minimum Gasteiger partial charge on any atom is -0.480 e. The van der Waals surface area contributed by atoms with Crippen LogP contribution in [0, 0.1) is 5.92 Å². The third-order valence-corrected chi connectivity index (χ3v) is 4.35. The Labute approximate surface area is 167 Å². The van der Waals surface area contributed by atoms with Gasteiger partial charge in [-0.2, -0.15) is 0 Å². The largest absolute Gasteiger partial charge is 0.480 e. The number of carbonyl (C=O) groups excluding carboxylic acids is 3. The van der Waals surface area contributed by atoms with Crippen LogP contribution in [0.2, 0.25) is 0 Å². The molecule has 1 aromatic heterocycles. The molecule has 0 fully saturated rings. The zero-order valence-electron chi connectivity index (χ0n) is 16.3. The first kappa shape index (κ1) is 24.0. The molecule has 1 heterocycles. The summed E-state index contributed by atoms with van der Waals surface area (Å²) in [5, 5.41) is 25.2. The van der Waals surface area contributed by atoms with Crippen LogP contribution in [-0.2, 0) is 25.6 Å². The summed E-state index contributed by atoms with van der Waals surface area (Å²) in [6, 6.07) is -3.34. The van der Waals surface area contributed by atoms with Crippen LogP contribution in [0.5, 0.6) is 0 Å². The van der Waals surface area contributed by atoms with Gasteiger partial charge < -0.3 is 36.9 Å². The lowest BCUT2D eigenvalue weighted by Gasteiger charge is -2.26. The third-order valence-electron chi connectivity index (χ3n) is 4.35. The van der Waals surface area contributed by atoms with E-state index >= 15 is 0 Å². The molecule has 0 saturated carbocycles. The van der Waals surface area contributed by atoms with Crippen LogP contribution < -0.4 is 21.7 Å². The summed E-state index contributed by atoms with van der Waals surface area (Å²) in [6.07, 6.45) is 3.62. The molecule has 0 bridgehead atoms. The predicted octanol–water partition coefficient (Wildman–Crippen LogP) is -2.51. The third kappa shape index (κ3) is 7.87. The number of imidazole rings is 1. The molecule has 0 aliphatic rings. The summed E-state index contributed by atoms with van der Waals surface area (Å²) in [7, 11) is 0. The minimum atomic E-state index is -1.32. The van der Waals surface area contributed by atoms with E-state index in [1.807, 2.05) is 0 Å². The molecule has 0 saturated heterocycles. The van der Waals surface area contributed by atoms with Crippen LogP contribution in [0.4, 0.5) is 0 Å². The molecule has 8 N–H and O–H groups in total. The van der Waals surface area contributed by atoms with Gasteiger partial charge in [-0.15, -0.1) is 0 Å². The van der Waals surface area contributed by atoms with Crippen LogP contribution in [-0.4, -0.2) is 75.1 Å². The van der Waals surface area contributed by atoms with E-state index in [9.17, 15) is 24.3 Å². The second kappa shape index (κ2) is 11.8. The molecule has 0 spiro atoms. The summed E-state index contributed by atoms with van der Waals surface area (Å²) in [5.41, 5.74) is 6.44. The van der Waals surface area contributed by atoms with Gasteiger partial charge in [0, 0.05) is 18.3 Å². The van der Waals surface area contributed by atoms with E-state index in [0.29, 0.717) is 12.1 Å². The summed E-state index contributed by atoms with van der Waals surface area (Å²) >= 11 is 0. The Morgan fingerprint density at radius 1 is 1.21 bits per heavy atom. The van der Waals surface area contributed by atoms with Crippen molar-refractivity contribution in [3.8, 4) is 0 Å². The molecule has 0 aliphatic heterocycles. The molecule has 0 radical (unpaired) electrons. The fraction of sp³-hybridized carbons (Fsp3) is 0.588. The number of hydrogen-bond acceptors (Lipinski definition) is 7. The van der Waals surface area contributed by atoms with E-state index < -0.39 is 55.0 Å². The molecule has 1 aromatic rings. The Hall–Kier alpha value is -2.99. The highest BCUT2D eigenvalue weighted by Crippen LogP contribution is 2.08. The molecular formula is C17H28N6O6. The standard InChI is InChI=1S/C17H28N6O6/c1-3-9(2)14(17(29)20-6-13(25)26)23-16(28)12(7-24)22-15(27)11(18)4-10-5-19-8-21-10/h5,8-9,11-12,14,24H,3-4,6-7,18H2,1-2H3,(H,19,21)(H,20,29)(H,22,27)(H,23,28)(H,25,26). The van der Waals surface area contributed by atoms with E-state index in [4.69, 9.17) is 10.8 Å². The SMILES string of the molecule is CCC(C)C(NC(=O)C(CO)NC(=O)C(N)Cc1cnc[nH]1)C(=O)NCC(=O)O. The van der Waals surface area contributed by atoms with Crippen molar-refractivity contribution in [3.05, 3.63) is 18.2 Å². The van der Waals surface area contributed by atoms with Crippen molar-refractivity contribution in [3.63, 3.8) is 0 Å². The molecule has 29 heavy (non-hydrogen) atoms. The van der Waals surface area contributed by atoms with Crippen molar-refractivity contribution in [1.82, 2.24) is 25.9 Å². The quantitative estimate of drug-likeness (QED) is 0.195. The zero-order chi connectivity index (χ0) is 22.0. The minimum absolute atomic E-state index is 0.151. The summed E-state index contributed by atoms with van der Waals surface area (Å²) in [5.74, 6) is -3.66. The number of aromatic amines is 1. The Bertz CT molecular complexity index is 695. The highest BCUT2D eigenvalue weighted by molar-refractivity contribution is 5.93. The fourth-order valence-corrected chi connectivity index (χ4v) is 2.43. The van der Waals surface area contributed by atoms with Gasteiger partial charge in [0.25, 0.3) is 0 Å². The average molecular weight is 412 g/mol. The number of amides is 3. The summed E-state index contributed by atoms with van der Waals surface area (Å²) in [6.45, 7) is 2.20. The molecular weight excluding hydrogens is 384 g/mol. The van der Waals surface area contributed by atoms with Gasteiger partial charge >= 0.3 is 5.97 Å². The molecule has 0 aromatic carbocycles. The van der Waals surface area contributed by atoms with E-state index in [-0.39, 0.29) is 12.3 Å². The van der Waals surface area contributed by atoms with Crippen molar-refractivity contribution >= 4 is 23.7 Å². The number of nitrogens with one attached hydrogen (secondary N) is 4. The molecule has 1 rings (SSSR count).